The molecule has 0 aliphatic rings. The van der Waals surface area contributed by atoms with E-state index in [4.69, 9.17) is 0 Å². The number of hydrogen-bond donors (Lipinski definition) is 2. The van der Waals surface area contributed by atoms with E-state index >= 15 is 0 Å². The molecule has 66 valence electrons. The summed E-state index contributed by atoms with van der Waals surface area (Å²) in [5, 5.41) is 0. The van der Waals surface area contributed by atoms with Crippen LogP contribution in [0.25, 0.3) is 0 Å². The number of carbonyl (C=O) groups is 2. The standard InChI is InChI=1S/C4H6O4S2.2Ca.4H/c5-3(7-9)1-2-4(6)8-10;;;;;;/h9-10H,1-2H2;;;;;;. The molecule has 4 nitrogen and oxygen atoms in total. The van der Waals surface area contributed by atoms with Crippen LogP contribution in [0.2, 0.25) is 0 Å². The molecule has 0 aromatic carbocycles. The van der Waals surface area contributed by atoms with Crippen LogP contribution in [0.15, 0.2) is 0 Å². The second-order valence-corrected chi connectivity index (χ2v) is 1.79. The number of thiol groups is 2. The van der Waals surface area contributed by atoms with E-state index in [9.17, 15) is 9.59 Å². The van der Waals surface area contributed by atoms with Gasteiger partial charge < -0.3 is 8.37 Å². The van der Waals surface area contributed by atoms with Crippen molar-refractivity contribution in [3.05, 3.63) is 0 Å². The average molecular weight is 266 g/mol. The Bertz CT molecular complexity index is 127. The Morgan fingerprint density at radius 1 is 0.917 bits per heavy atom. The van der Waals surface area contributed by atoms with Gasteiger partial charge in [0.2, 0.25) is 0 Å². The van der Waals surface area contributed by atoms with Crippen LogP contribution in [-0.2, 0) is 18.0 Å². The van der Waals surface area contributed by atoms with Gasteiger partial charge in [-0.2, -0.15) is 0 Å². The molecule has 0 unspecified atom stereocenters. The van der Waals surface area contributed by atoms with Gasteiger partial charge in [-0.3, -0.25) is 9.59 Å². The molecule has 0 aliphatic heterocycles. The molecule has 0 heterocycles. The van der Waals surface area contributed by atoms with Crippen molar-refractivity contribution in [2.45, 2.75) is 12.8 Å². The third kappa shape index (κ3) is 12.2. The Balaban J connectivity index is -0.000000405. The van der Waals surface area contributed by atoms with Crippen molar-refractivity contribution < 1.29 is 18.0 Å². The second-order valence-electron chi connectivity index (χ2n) is 1.43. The van der Waals surface area contributed by atoms with Crippen molar-refractivity contribution in [3.8, 4) is 0 Å². The summed E-state index contributed by atoms with van der Waals surface area (Å²) in [7, 11) is 0. The third-order valence-corrected chi connectivity index (χ3v) is 1.14. The molecule has 0 N–H and O–H groups in total. The molecule has 0 rings (SSSR count). The van der Waals surface area contributed by atoms with E-state index in [0.717, 1.165) is 0 Å². The van der Waals surface area contributed by atoms with Crippen LogP contribution in [0.1, 0.15) is 12.8 Å². The van der Waals surface area contributed by atoms with E-state index in [2.05, 4.69) is 34.2 Å². The van der Waals surface area contributed by atoms with Gasteiger partial charge in [-0.1, -0.05) is 0 Å². The Morgan fingerprint density at radius 2 is 1.17 bits per heavy atom. The molecule has 8 heteroatoms. The van der Waals surface area contributed by atoms with Crippen LogP contribution < -0.4 is 0 Å². The zero-order valence-corrected chi connectivity index (χ0v) is 6.73. The van der Waals surface area contributed by atoms with Gasteiger partial charge in [0.25, 0.3) is 0 Å². The summed E-state index contributed by atoms with van der Waals surface area (Å²) >= 11 is 6.45. The number of hydrogen-bond acceptors (Lipinski definition) is 6. The molecule has 0 bridgehead atoms. The maximum atomic E-state index is 10.3. The first-order chi connectivity index (χ1) is 4.70. The Hall–Kier alpha value is 2.16. The van der Waals surface area contributed by atoms with Gasteiger partial charge in [-0.25, -0.2) is 0 Å². The fourth-order valence-corrected chi connectivity index (χ4v) is 0.478. The normalized spacial score (nSPS) is 7.17. The molecule has 0 saturated carbocycles. The van der Waals surface area contributed by atoms with E-state index in [1.54, 1.807) is 0 Å². The van der Waals surface area contributed by atoms with Gasteiger partial charge in [0.15, 0.2) is 0 Å². The van der Waals surface area contributed by atoms with E-state index in [-0.39, 0.29) is 88.3 Å². The van der Waals surface area contributed by atoms with Gasteiger partial charge in [0.05, 0.1) is 12.8 Å². The maximum absolute atomic E-state index is 10.3. The average Bonchev–Trinajstić information content (AvgIpc) is 1.99. The van der Waals surface area contributed by atoms with Crippen molar-refractivity contribution in [1.29, 1.82) is 0 Å². The summed E-state index contributed by atoms with van der Waals surface area (Å²) in [6, 6.07) is 0. The minimum atomic E-state index is -0.568. The molecule has 0 spiro atoms. The van der Waals surface area contributed by atoms with Gasteiger partial charge in [0, 0.05) is 25.8 Å². The van der Waals surface area contributed by atoms with E-state index in [1.807, 2.05) is 0 Å². The summed E-state index contributed by atoms with van der Waals surface area (Å²) in [5.41, 5.74) is 0. The molecule has 0 fully saturated rings. The molecule has 0 amide bonds. The van der Waals surface area contributed by atoms with Crippen molar-refractivity contribution >= 4 is 113 Å². The van der Waals surface area contributed by atoms with E-state index in [1.165, 1.54) is 0 Å². The summed E-state index contributed by atoms with van der Waals surface area (Å²) < 4.78 is 7.94. The van der Waals surface area contributed by atoms with Gasteiger partial charge in [-0.05, 0) is 0 Å². The fraction of sp³-hybridized carbons (Fsp3) is 0.500. The third-order valence-electron chi connectivity index (χ3n) is 0.737. The molecule has 0 aliphatic carbocycles. The topological polar surface area (TPSA) is 52.6 Å². The monoisotopic (exact) mass is 266 g/mol. The molecular weight excluding hydrogens is 256 g/mol. The number of rotatable bonds is 3. The molecule has 0 aromatic rings. The van der Waals surface area contributed by atoms with Crippen molar-refractivity contribution in [3.63, 3.8) is 0 Å². The molecule has 0 saturated heterocycles. The molecule has 12 heavy (non-hydrogen) atoms. The molecule has 0 atom stereocenters. The molecule has 0 aromatic heterocycles. The zero-order chi connectivity index (χ0) is 7.98. The van der Waals surface area contributed by atoms with E-state index < -0.39 is 11.9 Å². The Morgan fingerprint density at radius 3 is 1.33 bits per heavy atom. The quantitative estimate of drug-likeness (QED) is 0.379. The minimum absolute atomic E-state index is 0. The summed E-state index contributed by atoms with van der Waals surface area (Å²) in [6.07, 6.45) is -0.0776. The van der Waals surface area contributed by atoms with Crippen LogP contribution in [0, 0.1) is 0 Å². The predicted molar refractivity (Wildman–Crippen MR) is 56.5 cm³/mol. The van der Waals surface area contributed by atoms with Crippen LogP contribution in [0.5, 0.6) is 0 Å². The predicted octanol–water partition coefficient (Wildman–Crippen LogP) is -1.29. The van der Waals surface area contributed by atoms with Gasteiger partial charge >= 0.3 is 87.4 Å². The Kier molecular flexibility index (Phi) is 21.6. The van der Waals surface area contributed by atoms with Gasteiger partial charge in [-0.15, -0.1) is 0 Å². The first kappa shape index (κ1) is 19.7. The summed E-state index contributed by atoms with van der Waals surface area (Å²) in [4.78, 5) is 20.6. The van der Waals surface area contributed by atoms with Crippen LogP contribution in [0.4, 0.5) is 0 Å². The number of carbonyl (C=O) groups excluding carboxylic acids is 2. The molecule has 0 radical (unpaired) electrons. The molecular formula is C4H10Ca2O4S2. The van der Waals surface area contributed by atoms with E-state index in [0.29, 0.717) is 0 Å². The van der Waals surface area contributed by atoms with Crippen LogP contribution >= 0.6 is 25.8 Å². The van der Waals surface area contributed by atoms with Crippen LogP contribution in [0.3, 0.4) is 0 Å². The fourth-order valence-electron chi connectivity index (χ4n) is 0.295. The Labute approximate surface area is 141 Å². The SMILES string of the molecule is O=C(CCC(=O)OS)OS.[CaH2].[CaH2]. The first-order valence-electron chi connectivity index (χ1n) is 2.39. The summed E-state index contributed by atoms with van der Waals surface area (Å²) in [6.45, 7) is 0. The van der Waals surface area contributed by atoms with Gasteiger partial charge in [0.1, 0.15) is 0 Å². The van der Waals surface area contributed by atoms with Crippen LogP contribution in [-0.4, -0.2) is 87.4 Å². The first-order valence-corrected chi connectivity index (χ1v) is 3.12. The zero-order valence-electron chi connectivity index (χ0n) is 4.94. The van der Waals surface area contributed by atoms with Crippen molar-refractivity contribution in [2.24, 2.45) is 0 Å². The van der Waals surface area contributed by atoms with Crippen molar-refractivity contribution in [1.82, 2.24) is 0 Å². The van der Waals surface area contributed by atoms with Crippen molar-refractivity contribution in [2.75, 3.05) is 0 Å². The second kappa shape index (κ2) is 13.2. The summed E-state index contributed by atoms with van der Waals surface area (Å²) in [5.74, 6) is -1.14.